The summed E-state index contributed by atoms with van der Waals surface area (Å²) in [5, 5.41) is 1.09. The van der Waals surface area contributed by atoms with Crippen molar-refractivity contribution in [3.63, 3.8) is 0 Å². The maximum Gasteiger partial charge on any atom is 0.124 e. The van der Waals surface area contributed by atoms with Crippen LogP contribution in [0.3, 0.4) is 0 Å². The van der Waals surface area contributed by atoms with Crippen molar-refractivity contribution in [2.24, 2.45) is 17.1 Å². The second kappa shape index (κ2) is 6.19. The highest BCUT2D eigenvalue weighted by atomic mass is 32.1. The van der Waals surface area contributed by atoms with Crippen LogP contribution in [0, 0.1) is 17.2 Å². The number of nitrogens with zero attached hydrogens (tertiary/aromatic N) is 1. The molecule has 0 aliphatic rings. The van der Waals surface area contributed by atoms with E-state index in [9.17, 15) is 4.39 Å². The molecule has 2 aromatic rings. The first-order valence-electron chi connectivity index (χ1n) is 7.15. The lowest BCUT2D eigenvalue weighted by molar-refractivity contribution is 0.215. The van der Waals surface area contributed by atoms with Gasteiger partial charge in [-0.15, -0.1) is 11.3 Å². The standard InChI is InChI=1S/C16H23FN2S/c1-16(2,3)11(8-9-18)4-7-15-19-13-6-5-12(17)10-14(13)20-15/h5-6,10-11H,4,7-9,18H2,1-3H3. The number of nitrogens with two attached hydrogens (primary N) is 1. The molecule has 20 heavy (non-hydrogen) atoms. The molecule has 2 nitrogen and oxygen atoms in total. The van der Waals surface area contributed by atoms with E-state index in [2.05, 4.69) is 25.8 Å². The summed E-state index contributed by atoms with van der Waals surface area (Å²) in [7, 11) is 0. The van der Waals surface area contributed by atoms with Crippen molar-refractivity contribution < 1.29 is 4.39 Å². The van der Waals surface area contributed by atoms with Crippen LogP contribution in [0.25, 0.3) is 10.2 Å². The minimum atomic E-state index is -0.191. The van der Waals surface area contributed by atoms with Gasteiger partial charge in [0.15, 0.2) is 0 Å². The Morgan fingerprint density at radius 2 is 2.05 bits per heavy atom. The largest absolute Gasteiger partial charge is 0.330 e. The van der Waals surface area contributed by atoms with Gasteiger partial charge >= 0.3 is 0 Å². The molecule has 0 fully saturated rings. The Kier molecular flexibility index (Phi) is 4.76. The van der Waals surface area contributed by atoms with Gasteiger partial charge in [0.1, 0.15) is 5.82 Å². The smallest absolute Gasteiger partial charge is 0.124 e. The van der Waals surface area contributed by atoms with Gasteiger partial charge in [0.05, 0.1) is 15.2 Å². The van der Waals surface area contributed by atoms with Crippen LogP contribution in [-0.4, -0.2) is 11.5 Å². The molecular formula is C16H23FN2S. The molecular weight excluding hydrogens is 271 g/mol. The Labute approximate surface area is 124 Å². The zero-order chi connectivity index (χ0) is 14.8. The number of rotatable bonds is 5. The highest BCUT2D eigenvalue weighted by Gasteiger charge is 2.23. The topological polar surface area (TPSA) is 38.9 Å². The van der Waals surface area contributed by atoms with Gasteiger partial charge in [-0.3, -0.25) is 0 Å². The molecule has 0 aliphatic heterocycles. The van der Waals surface area contributed by atoms with E-state index >= 15 is 0 Å². The number of benzene rings is 1. The molecule has 1 atom stereocenters. The zero-order valence-corrected chi connectivity index (χ0v) is 13.3. The molecule has 110 valence electrons. The van der Waals surface area contributed by atoms with Crippen LogP contribution in [-0.2, 0) is 6.42 Å². The predicted octanol–water partition coefficient (Wildman–Crippen LogP) is 4.38. The SMILES string of the molecule is CC(C)(C)C(CCN)CCc1nc2ccc(F)cc2s1. The van der Waals surface area contributed by atoms with Gasteiger partial charge < -0.3 is 5.73 Å². The van der Waals surface area contributed by atoms with E-state index in [1.807, 2.05) is 0 Å². The van der Waals surface area contributed by atoms with Gasteiger partial charge in [-0.25, -0.2) is 9.37 Å². The van der Waals surface area contributed by atoms with Crippen molar-refractivity contribution in [2.45, 2.75) is 40.0 Å². The summed E-state index contributed by atoms with van der Waals surface area (Å²) in [4.78, 5) is 4.59. The second-order valence-corrected chi connectivity index (χ2v) is 7.51. The third-order valence-corrected chi connectivity index (χ3v) is 4.92. The average Bonchev–Trinajstić information content (AvgIpc) is 2.74. The number of hydrogen-bond donors (Lipinski definition) is 1. The summed E-state index contributed by atoms with van der Waals surface area (Å²) in [5.74, 6) is 0.402. The quantitative estimate of drug-likeness (QED) is 0.889. The second-order valence-electron chi connectivity index (χ2n) is 6.40. The molecule has 4 heteroatoms. The van der Waals surface area contributed by atoms with Crippen LogP contribution >= 0.6 is 11.3 Å². The van der Waals surface area contributed by atoms with Crippen molar-refractivity contribution in [3.8, 4) is 0 Å². The molecule has 0 amide bonds. The van der Waals surface area contributed by atoms with Crippen molar-refractivity contribution in [1.29, 1.82) is 0 Å². The summed E-state index contributed by atoms with van der Waals surface area (Å²) in [6, 6.07) is 4.79. The van der Waals surface area contributed by atoms with E-state index in [0.717, 1.165) is 41.0 Å². The summed E-state index contributed by atoms with van der Waals surface area (Å²) < 4.78 is 14.1. The number of halogens is 1. The third kappa shape index (κ3) is 3.76. The van der Waals surface area contributed by atoms with Crippen molar-refractivity contribution in [3.05, 3.63) is 29.0 Å². The number of thiazole rings is 1. The molecule has 2 rings (SSSR count). The first-order valence-corrected chi connectivity index (χ1v) is 7.97. The fourth-order valence-electron chi connectivity index (χ4n) is 2.56. The first-order chi connectivity index (χ1) is 9.40. The molecule has 2 N–H and O–H groups in total. The lowest BCUT2D eigenvalue weighted by Crippen LogP contribution is -2.24. The maximum atomic E-state index is 13.2. The monoisotopic (exact) mass is 294 g/mol. The van der Waals surface area contributed by atoms with Crippen LogP contribution in [0.15, 0.2) is 18.2 Å². The fourth-order valence-corrected chi connectivity index (χ4v) is 3.57. The summed E-state index contributed by atoms with van der Waals surface area (Å²) in [5.41, 5.74) is 6.88. The van der Waals surface area contributed by atoms with Crippen molar-refractivity contribution >= 4 is 21.6 Å². The van der Waals surface area contributed by atoms with E-state index in [1.165, 1.54) is 6.07 Å². The molecule has 1 aromatic carbocycles. The highest BCUT2D eigenvalue weighted by Crippen LogP contribution is 2.33. The lowest BCUT2D eigenvalue weighted by Gasteiger charge is -2.30. The highest BCUT2D eigenvalue weighted by molar-refractivity contribution is 7.18. The number of aryl methyl sites for hydroxylation is 1. The van der Waals surface area contributed by atoms with Crippen LogP contribution in [0.1, 0.15) is 38.6 Å². The Morgan fingerprint density at radius 1 is 1.30 bits per heavy atom. The van der Waals surface area contributed by atoms with E-state index in [1.54, 1.807) is 23.5 Å². The molecule has 0 saturated heterocycles. The van der Waals surface area contributed by atoms with Crippen LogP contribution < -0.4 is 5.73 Å². The predicted molar refractivity (Wildman–Crippen MR) is 84.5 cm³/mol. The number of fused-ring (bicyclic) bond motifs is 1. The summed E-state index contributed by atoms with van der Waals surface area (Å²) in [6.07, 6.45) is 3.08. The molecule has 0 saturated carbocycles. The molecule has 1 aromatic heterocycles. The van der Waals surface area contributed by atoms with E-state index < -0.39 is 0 Å². The number of aromatic nitrogens is 1. The lowest BCUT2D eigenvalue weighted by atomic mass is 9.76. The van der Waals surface area contributed by atoms with Crippen molar-refractivity contribution in [1.82, 2.24) is 4.98 Å². The molecule has 0 bridgehead atoms. The number of hydrogen-bond acceptors (Lipinski definition) is 3. The zero-order valence-electron chi connectivity index (χ0n) is 12.4. The van der Waals surface area contributed by atoms with E-state index in [0.29, 0.717) is 5.92 Å². The Bertz CT molecular complexity index is 571. The van der Waals surface area contributed by atoms with Crippen LogP contribution in [0.4, 0.5) is 4.39 Å². The van der Waals surface area contributed by atoms with Gasteiger partial charge in [-0.1, -0.05) is 20.8 Å². The van der Waals surface area contributed by atoms with E-state index in [4.69, 9.17) is 5.73 Å². The summed E-state index contributed by atoms with van der Waals surface area (Å²) >= 11 is 1.60. The van der Waals surface area contributed by atoms with Crippen LogP contribution in [0.2, 0.25) is 0 Å². The minimum Gasteiger partial charge on any atom is -0.330 e. The Morgan fingerprint density at radius 3 is 2.70 bits per heavy atom. The van der Waals surface area contributed by atoms with Gasteiger partial charge in [0, 0.05) is 0 Å². The van der Waals surface area contributed by atoms with Crippen molar-refractivity contribution in [2.75, 3.05) is 6.54 Å². The Hall–Kier alpha value is -1.000. The normalized spacial score (nSPS) is 13.8. The molecule has 0 spiro atoms. The molecule has 1 heterocycles. The first kappa shape index (κ1) is 15.4. The van der Waals surface area contributed by atoms with Gasteiger partial charge in [0.25, 0.3) is 0 Å². The molecule has 0 aliphatic carbocycles. The third-order valence-electron chi connectivity index (χ3n) is 3.84. The maximum absolute atomic E-state index is 13.2. The van der Waals surface area contributed by atoms with Gasteiger partial charge in [0.2, 0.25) is 0 Å². The van der Waals surface area contributed by atoms with E-state index in [-0.39, 0.29) is 11.2 Å². The molecule has 1 unspecified atom stereocenters. The average molecular weight is 294 g/mol. The minimum absolute atomic E-state index is 0.191. The summed E-state index contributed by atoms with van der Waals surface area (Å²) in [6.45, 7) is 7.52. The molecule has 0 radical (unpaired) electrons. The van der Waals surface area contributed by atoms with Gasteiger partial charge in [-0.2, -0.15) is 0 Å². The van der Waals surface area contributed by atoms with Gasteiger partial charge in [-0.05, 0) is 55.3 Å². The Balaban J connectivity index is 2.07. The van der Waals surface area contributed by atoms with Crippen LogP contribution in [0.5, 0.6) is 0 Å². The fraction of sp³-hybridized carbons (Fsp3) is 0.562.